The predicted octanol–water partition coefficient (Wildman–Crippen LogP) is 5.04. The van der Waals surface area contributed by atoms with Crippen molar-refractivity contribution in [2.75, 3.05) is 18.0 Å². The van der Waals surface area contributed by atoms with Gasteiger partial charge < -0.3 is 13.9 Å². The van der Waals surface area contributed by atoms with Crippen LogP contribution in [0.5, 0.6) is 0 Å². The molecule has 2 aromatic heterocycles. The molecule has 0 spiro atoms. The fraction of sp³-hybridized carbons (Fsp3) is 0.286. The van der Waals surface area contributed by atoms with Gasteiger partial charge in [-0.15, -0.1) is 0 Å². The summed E-state index contributed by atoms with van der Waals surface area (Å²) in [4.78, 5) is 6.82. The third-order valence-corrected chi connectivity index (χ3v) is 4.75. The molecule has 25 heavy (non-hydrogen) atoms. The molecule has 1 aliphatic heterocycles. The zero-order valence-corrected chi connectivity index (χ0v) is 14.8. The van der Waals surface area contributed by atoms with Crippen molar-refractivity contribution >= 4 is 17.8 Å². The summed E-state index contributed by atoms with van der Waals surface area (Å²) < 4.78 is 8.11. The Hall–Kier alpha value is -2.75. The van der Waals surface area contributed by atoms with Gasteiger partial charge in [0, 0.05) is 36.2 Å². The SMILES string of the molecule is Cc1ccc(C)n1-c1ccc(N=Cc2ccc(N3CCCC3)o2)cc1. The van der Waals surface area contributed by atoms with Crippen molar-refractivity contribution in [2.45, 2.75) is 26.7 Å². The number of aryl methyl sites for hydroxylation is 2. The molecule has 0 bridgehead atoms. The van der Waals surface area contributed by atoms with E-state index in [1.807, 2.05) is 24.3 Å². The van der Waals surface area contributed by atoms with E-state index in [2.05, 4.69) is 52.6 Å². The molecule has 0 aliphatic carbocycles. The monoisotopic (exact) mass is 333 g/mol. The number of benzene rings is 1. The lowest BCUT2D eigenvalue weighted by Crippen LogP contribution is -2.16. The second kappa shape index (κ2) is 6.63. The van der Waals surface area contributed by atoms with Gasteiger partial charge in [-0.25, -0.2) is 0 Å². The minimum Gasteiger partial charge on any atom is -0.440 e. The predicted molar refractivity (Wildman–Crippen MR) is 103 cm³/mol. The number of aliphatic imine (C=N–C) groups is 1. The Labute approximate surface area is 148 Å². The molecule has 0 unspecified atom stereocenters. The second-order valence-electron chi connectivity index (χ2n) is 6.60. The quantitative estimate of drug-likeness (QED) is 0.627. The Morgan fingerprint density at radius 3 is 2.24 bits per heavy atom. The lowest BCUT2D eigenvalue weighted by Gasteiger charge is -2.12. The average molecular weight is 333 g/mol. The summed E-state index contributed by atoms with van der Waals surface area (Å²) in [5.74, 6) is 1.75. The van der Waals surface area contributed by atoms with Crippen LogP contribution in [-0.4, -0.2) is 23.9 Å². The van der Waals surface area contributed by atoms with Crippen LogP contribution in [0.3, 0.4) is 0 Å². The van der Waals surface area contributed by atoms with Crippen molar-refractivity contribution in [1.29, 1.82) is 0 Å². The molecule has 0 N–H and O–H groups in total. The third kappa shape index (κ3) is 3.25. The molecule has 0 atom stereocenters. The summed E-state index contributed by atoms with van der Waals surface area (Å²) in [6.45, 7) is 6.41. The van der Waals surface area contributed by atoms with E-state index in [1.165, 1.54) is 24.2 Å². The van der Waals surface area contributed by atoms with Crippen LogP contribution >= 0.6 is 0 Å². The Balaban J connectivity index is 1.48. The molecular weight excluding hydrogens is 310 g/mol. The van der Waals surface area contributed by atoms with Crippen LogP contribution < -0.4 is 4.90 Å². The van der Waals surface area contributed by atoms with E-state index in [9.17, 15) is 0 Å². The van der Waals surface area contributed by atoms with Crippen molar-refractivity contribution in [3.05, 3.63) is 65.7 Å². The fourth-order valence-electron chi connectivity index (χ4n) is 3.42. The molecule has 0 saturated carbocycles. The number of furan rings is 1. The number of hydrogen-bond acceptors (Lipinski definition) is 3. The van der Waals surface area contributed by atoms with Crippen LogP contribution in [0.25, 0.3) is 5.69 Å². The molecule has 1 saturated heterocycles. The van der Waals surface area contributed by atoms with E-state index in [4.69, 9.17) is 4.42 Å². The molecule has 0 radical (unpaired) electrons. The first-order valence-electron chi connectivity index (χ1n) is 8.85. The first kappa shape index (κ1) is 15.8. The maximum absolute atomic E-state index is 5.88. The molecule has 1 fully saturated rings. The smallest absolute Gasteiger partial charge is 0.196 e. The highest BCUT2D eigenvalue weighted by Crippen LogP contribution is 2.23. The third-order valence-electron chi connectivity index (χ3n) is 4.75. The number of hydrogen-bond donors (Lipinski definition) is 0. The summed E-state index contributed by atoms with van der Waals surface area (Å²) in [6.07, 6.45) is 4.29. The molecule has 4 heteroatoms. The van der Waals surface area contributed by atoms with Gasteiger partial charge in [0.15, 0.2) is 5.88 Å². The molecule has 3 heterocycles. The number of nitrogens with zero attached hydrogens (tertiary/aromatic N) is 3. The van der Waals surface area contributed by atoms with Crippen LogP contribution in [0.1, 0.15) is 30.0 Å². The topological polar surface area (TPSA) is 33.7 Å². The van der Waals surface area contributed by atoms with Gasteiger partial charge in [-0.3, -0.25) is 4.99 Å². The second-order valence-corrected chi connectivity index (χ2v) is 6.60. The summed E-state index contributed by atoms with van der Waals surface area (Å²) in [6, 6.07) is 16.6. The van der Waals surface area contributed by atoms with Crippen LogP contribution in [0.2, 0.25) is 0 Å². The van der Waals surface area contributed by atoms with Crippen molar-refractivity contribution in [3.8, 4) is 5.69 Å². The van der Waals surface area contributed by atoms with Gasteiger partial charge in [0.1, 0.15) is 5.76 Å². The normalized spacial score (nSPS) is 14.7. The zero-order valence-electron chi connectivity index (χ0n) is 14.8. The summed E-state index contributed by atoms with van der Waals surface area (Å²) in [5.41, 5.74) is 4.55. The number of rotatable bonds is 4. The highest BCUT2D eigenvalue weighted by atomic mass is 16.4. The van der Waals surface area contributed by atoms with Crippen LogP contribution in [0.15, 0.2) is 57.9 Å². The van der Waals surface area contributed by atoms with E-state index in [1.54, 1.807) is 6.21 Å². The fourth-order valence-corrected chi connectivity index (χ4v) is 3.42. The Morgan fingerprint density at radius 1 is 0.880 bits per heavy atom. The van der Waals surface area contributed by atoms with Crippen molar-refractivity contribution in [1.82, 2.24) is 4.57 Å². The Kier molecular flexibility index (Phi) is 4.18. The van der Waals surface area contributed by atoms with E-state index in [-0.39, 0.29) is 0 Å². The van der Waals surface area contributed by atoms with E-state index in [0.29, 0.717) is 0 Å². The molecule has 4 rings (SSSR count). The first-order valence-corrected chi connectivity index (χ1v) is 8.85. The zero-order chi connectivity index (χ0) is 17.2. The Morgan fingerprint density at radius 2 is 1.56 bits per heavy atom. The molecule has 3 aromatic rings. The van der Waals surface area contributed by atoms with Crippen molar-refractivity contribution in [2.24, 2.45) is 4.99 Å². The van der Waals surface area contributed by atoms with Gasteiger partial charge in [-0.05, 0) is 69.2 Å². The van der Waals surface area contributed by atoms with Gasteiger partial charge >= 0.3 is 0 Å². The summed E-state index contributed by atoms with van der Waals surface area (Å²) in [5, 5.41) is 0. The minimum atomic E-state index is 0.795. The van der Waals surface area contributed by atoms with Gasteiger partial charge in [0.25, 0.3) is 0 Å². The van der Waals surface area contributed by atoms with Crippen LogP contribution in [0.4, 0.5) is 11.6 Å². The van der Waals surface area contributed by atoms with Crippen molar-refractivity contribution < 1.29 is 4.42 Å². The first-order chi connectivity index (χ1) is 12.2. The molecule has 128 valence electrons. The largest absolute Gasteiger partial charge is 0.440 e. The lowest BCUT2D eigenvalue weighted by molar-refractivity contribution is 0.550. The van der Waals surface area contributed by atoms with E-state index < -0.39 is 0 Å². The molecule has 1 aromatic carbocycles. The summed E-state index contributed by atoms with van der Waals surface area (Å²) >= 11 is 0. The van der Waals surface area contributed by atoms with Crippen molar-refractivity contribution in [3.63, 3.8) is 0 Å². The highest BCUT2D eigenvalue weighted by molar-refractivity contribution is 5.79. The number of anilines is 1. The molecule has 4 nitrogen and oxygen atoms in total. The van der Waals surface area contributed by atoms with Gasteiger partial charge in [-0.1, -0.05) is 0 Å². The van der Waals surface area contributed by atoms with E-state index in [0.717, 1.165) is 36.1 Å². The molecule has 1 aliphatic rings. The number of aromatic nitrogens is 1. The molecular formula is C21H23N3O. The standard InChI is InChI=1S/C21H23N3O/c1-16-5-6-17(2)24(16)19-9-7-18(8-10-19)22-15-20-11-12-21(25-20)23-13-3-4-14-23/h5-12,15H,3-4,13-14H2,1-2H3. The van der Waals surface area contributed by atoms with Crippen LogP contribution in [0, 0.1) is 13.8 Å². The van der Waals surface area contributed by atoms with Gasteiger partial charge in [0.05, 0.1) is 11.9 Å². The molecule has 0 amide bonds. The van der Waals surface area contributed by atoms with Crippen LogP contribution in [-0.2, 0) is 0 Å². The van der Waals surface area contributed by atoms with Gasteiger partial charge in [0.2, 0.25) is 0 Å². The lowest BCUT2D eigenvalue weighted by atomic mass is 10.2. The van der Waals surface area contributed by atoms with E-state index >= 15 is 0 Å². The van der Waals surface area contributed by atoms with Gasteiger partial charge in [-0.2, -0.15) is 0 Å². The maximum atomic E-state index is 5.88. The highest BCUT2D eigenvalue weighted by Gasteiger charge is 2.15. The summed E-state index contributed by atoms with van der Waals surface area (Å²) in [7, 11) is 0. The Bertz CT molecular complexity index is 861. The maximum Gasteiger partial charge on any atom is 0.196 e. The average Bonchev–Trinajstić information content (AvgIpc) is 3.35. The minimum absolute atomic E-state index is 0.795.